The van der Waals surface area contributed by atoms with E-state index in [0.29, 0.717) is 5.56 Å². The van der Waals surface area contributed by atoms with Gasteiger partial charge in [0.1, 0.15) is 6.67 Å². The summed E-state index contributed by atoms with van der Waals surface area (Å²) in [4.78, 5) is 22.2. The first-order valence-corrected chi connectivity index (χ1v) is 5.14. The number of rotatable bonds is 5. The SMILES string of the molecule is CC(C)c1ccoc1C(=O)NC(CF)C(=O)O. The maximum atomic E-state index is 12.3. The van der Waals surface area contributed by atoms with Crippen LogP contribution in [0.5, 0.6) is 0 Å². The zero-order valence-electron chi connectivity index (χ0n) is 9.57. The lowest BCUT2D eigenvalue weighted by Gasteiger charge is -2.11. The Balaban J connectivity index is 2.82. The molecule has 1 heterocycles. The molecule has 0 saturated heterocycles. The molecular weight excluding hydrogens is 229 g/mol. The maximum Gasteiger partial charge on any atom is 0.328 e. The van der Waals surface area contributed by atoms with Crippen LogP contribution in [0.4, 0.5) is 4.39 Å². The Morgan fingerprint density at radius 1 is 1.53 bits per heavy atom. The van der Waals surface area contributed by atoms with Crippen molar-refractivity contribution in [1.82, 2.24) is 5.32 Å². The van der Waals surface area contributed by atoms with Crippen molar-refractivity contribution in [2.45, 2.75) is 25.8 Å². The number of amides is 1. The first kappa shape index (κ1) is 13.2. The second kappa shape index (κ2) is 5.47. The average molecular weight is 243 g/mol. The van der Waals surface area contributed by atoms with Crippen LogP contribution in [-0.2, 0) is 4.79 Å². The van der Waals surface area contributed by atoms with Gasteiger partial charge in [-0.3, -0.25) is 4.79 Å². The molecular formula is C11H14FNO4. The fraction of sp³-hybridized carbons (Fsp3) is 0.455. The van der Waals surface area contributed by atoms with Crippen molar-refractivity contribution in [1.29, 1.82) is 0 Å². The van der Waals surface area contributed by atoms with Gasteiger partial charge < -0.3 is 14.8 Å². The number of hydrogen-bond acceptors (Lipinski definition) is 3. The number of hydrogen-bond donors (Lipinski definition) is 2. The number of alkyl halides is 1. The number of carbonyl (C=O) groups is 2. The summed E-state index contributed by atoms with van der Waals surface area (Å²) in [5.74, 6) is -2.05. The highest BCUT2D eigenvalue weighted by Gasteiger charge is 2.24. The van der Waals surface area contributed by atoms with Crippen LogP contribution in [0, 0.1) is 0 Å². The van der Waals surface area contributed by atoms with Crippen molar-refractivity contribution in [3.05, 3.63) is 23.7 Å². The van der Waals surface area contributed by atoms with Gasteiger partial charge in [-0.05, 0) is 12.0 Å². The van der Waals surface area contributed by atoms with Gasteiger partial charge in [0, 0.05) is 5.56 Å². The lowest BCUT2D eigenvalue weighted by Crippen LogP contribution is -2.42. The molecule has 0 spiro atoms. The minimum absolute atomic E-state index is 0.0275. The molecule has 0 radical (unpaired) electrons. The molecule has 0 aliphatic heterocycles. The molecule has 2 N–H and O–H groups in total. The zero-order chi connectivity index (χ0) is 13.0. The van der Waals surface area contributed by atoms with Crippen LogP contribution in [0.1, 0.15) is 35.9 Å². The van der Waals surface area contributed by atoms with E-state index in [4.69, 9.17) is 9.52 Å². The van der Waals surface area contributed by atoms with E-state index in [1.807, 2.05) is 13.8 Å². The molecule has 1 atom stereocenters. The van der Waals surface area contributed by atoms with Crippen molar-refractivity contribution in [2.24, 2.45) is 0 Å². The van der Waals surface area contributed by atoms with E-state index in [0.717, 1.165) is 0 Å². The normalized spacial score (nSPS) is 12.5. The third kappa shape index (κ3) is 3.05. The predicted molar refractivity (Wildman–Crippen MR) is 57.7 cm³/mol. The summed E-state index contributed by atoms with van der Waals surface area (Å²) >= 11 is 0. The molecule has 1 unspecified atom stereocenters. The van der Waals surface area contributed by atoms with Crippen LogP contribution >= 0.6 is 0 Å². The number of halogens is 1. The highest BCUT2D eigenvalue weighted by atomic mass is 19.1. The third-order valence-electron chi connectivity index (χ3n) is 2.28. The number of carboxylic acids is 1. The molecule has 1 aromatic rings. The topological polar surface area (TPSA) is 79.5 Å². The van der Waals surface area contributed by atoms with E-state index in [-0.39, 0.29) is 11.7 Å². The molecule has 0 aromatic carbocycles. The number of nitrogens with one attached hydrogen (secondary N) is 1. The molecule has 5 nitrogen and oxygen atoms in total. The molecule has 17 heavy (non-hydrogen) atoms. The van der Waals surface area contributed by atoms with Crippen molar-refractivity contribution >= 4 is 11.9 Å². The van der Waals surface area contributed by atoms with Gasteiger partial charge in [0.25, 0.3) is 5.91 Å². The lowest BCUT2D eigenvalue weighted by molar-refractivity contribution is -0.139. The van der Waals surface area contributed by atoms with E-state index in [1.165, 1.54) is 6.26 Å². The second-order valence-corrected chi connectivity index (χ2v) is 3.88. The Kier molecular flexibility index (Phi) is 4.25. The lowest BCUT2D eigenvalue weighted by atomic mass is 10.0. The van der Waals surface area contributed by atoms with Crippen molar-refractivity contribution in [3.8, 4) is 0 Å². The fourth-order valence-electron chi connectivity index (χ4n) is 1.35. The highest BCUT2D eigenvalue weighted by Crippen LogP contribution is 2.20. The summed E-state index contributed by atoms with van der Waals surface area (Å²) < 4.78 is 17.3. The van der Waals surface area contributed by atoms with Gasteiger partial charge in [0.2, 0.25) is 0 Å². The quantitative estimate of drug-likeness (QED) is 0.822. The van der Waals surface area contributed by atoms with E-state index >= 15 is 0 Å². The Bertz CT molecular complexity index is 413. The van der Waals surface area contributed by atoms with Gasteiger partial charge in [0.05, 0.1) is 6.26 Å². The largest absolute Gasteiger partial charge is 0.480 e. The minimum Gasteiger partial charge on any atom is -0.480 e. The number of aliphatic carboxylic acids is 1. The Morgan fingerprint density at radius 3 is 2.65 bits per heavy atom. The van der Waals surface area contributed by atoms with E-state index in [2.05, 4.69) is 5.32 Å². The Hall–Kier alpha value is -1.85. The molecule has 94 valence electrons. The first-order valence-electron chi connectivity index (χ1n) is 5.14. The van der Waals surface area contributed by atoms with E-state index in [9.17, 15) is 14.0 Å². The maximum absolute atomic E-state index is 12.3. The Labute approximate surface area is 97.6 Å². The minimum atomic E-state index is -1.55. The van der Waals surface area contributed by atoms with Crippen LogP contribution in [0.25, 0.3) is 0 Å². The molecule has 1 aromatic heterocycles. The summed E-state index contributed by atoms with van der Waals surface area (Å²) in [5, 5.41) is 10.7. The van der Waals surface area contributed by atoms with Crippen LogP contribution in [0.15, 0.2) is 16.7 Å². The van der Waals surface area contributed by atoms with Crippen LogP contribution < -0.4 is 5.32 Å². The van der Waals surface area contributed by atoms with Crippen LogP contribution in [0.3, 0.4) is 0 Å². The third-order valence-corrected chi connectivity index (χ3v) is 2.28. The van der Waals surface area contributed by atoms with Crippen molar-refractivity contribution < 1.29 is 23.5 Å². The summed E-state index contributed by atoms with van der Waals surface area (Å²) in [7, 11) is 0. The molecule has 0 aliphatic carbocycles. The van der Waals surface area contributed by atoms with Crippen LogP contribution in [-0.4, -0.2) is 29.7 Å². The standard InChI is InChI=1S/C11H14FNO4/c1-6(2)7-3-4-17-9(7)10(14)13-8(5-12)11(15)16/h3-4,6,8H,5H2,1-2H3,(H,13,14)(H,15,16). The van der Waals surface area contributed by atoms with Gasteiger partial charge in [-0.25, -0.2) is 9.18 Å². The summed E-state index contributed by atoms with van der Waals surface area (Å²) in [6.45, 7) is 2.57. The second-order valence-electron chi connectivity index (χ2n) is 3.88. The number of carbonyl (C=O) groups excluding carboxylic acids is 1. The van der Waals surface area contributed by atoms with Gasteiger partial charge >= 0.3 is 5.97 Å². The smallest absolute Gasteiger partial charge is 0.328 e. The van der Waals surface area contributed by atoms with Gasteiger partial charge in [-0.15, -0.1) is 0 Å². The number of furan rings is 1. The number of carboxylic acid groups (broad SMARTS) is 1. The molecule has 6 heteroatoms. The Morgan fingerprint density at radius 2 is 2.18 bits per heavy atom. The highest BCUT2D eigenvalue weighted by molar-refractivity contribution is 5.95. The fourth-order valence-corrected chi connectivity index (χ4v) is 1.35. The summed E-state index contributed by atoms with van der Waals surface area (Å²) in [5.41, 5.74) is 0.658. The van der Waals surface area contributed by atoms with E-state index < -0.39 is 24.6 Å². The predicted octanol–water partition coefficient (Wildman–Crippen LogP) is 1.56. The zero-order valence-corrected chi connectivity index (χ0v) is 9.57. The molecule has 0 saturated carbocycles. The average Bonchev–Trinajstić information content (AvgIpc) is 2.73. The summed E-state index contributed by atoms with van der Waals surface area (Å²) in [6.07, 6.45) is 1.34. The van der Waals surface area contributed by atoms with Gasteiger partial charge in [-0.1, -0.05) is 13.8 Å². The monoisotopic (exact) mass is 243 g/mol. The molecule has 0 bridgehead atoms. The molecule has 0 aliphatic rings. The molecule has 0 fully saturated rings. The molecule has 1 amide bonds. The van der Waals surface area contributed by atoms with Crippen molar-refractivity contribution in [3.63, 3.8) is 0 Å². The van der Waals surface area contributed by atoms with Gasteiger partial charge in [0.15, 0.2) is 11.8 Å². The van der Waals surface area contributed by atoms with Crippen molar-refractivity contribution in [2.75, 3.05) is 6.67 Å². The first-order chi connectivity index (χ1) is 7.97. The van der Waals surface area contributed by atoms with Gasteiger partial charge in [-0.2, -0.15) is 0 Å². The van der Waals surface area contributed by atoms with Crippen LogP contribution in [0.2, 0.25) is 0 Å². The summed E-state index contributed by atoms with van der Waals surface area (Å²) in [6, 6.07) is 0.0813. The van der Waals surface area contributed by atoms with E-state index in [1.54, 1.807) is 6.07 Å². The molecule has 1 rings (SSSR count).